The molecule has 0 spiro atoms. The van der Waals surface area contributed by atoms with Crippen molar-refractivity contribution in [1.82, 2.24) is 10.3 Å². The Kier molecular flexibility index (Phi) is 3.45. The van der Waals surface area contributed by atoms with Gasteiger partial charge in [0.2, 0.25) is 0 Å². The van der Waals surface area contributed by atoms with Crippen LogP contribution in [0.1, 0.15) is 5.56 Å². The van der Waals surface area contributed by atoms with Gasteiger partial charge in [0.1, 0.15) is 0 Å². The fraction of sp³-hybridized carbons (Fsp3) is 0.286. The molecule has 0 unspecified atom stereocenters. The zero-order chi connectivity index (χ0) is 13.1. The largest absolute Gasteiger partial charge is 0.346 e. The molecule has 2 aromatic rings. The van der Waals surface area contributed by atoms with Crippen LogP contribution < -0.4 is 10.2 Å². The van der Waals surface area contributed by atoms with E-state index in [0.717, 1.165) is 42.6 Å². The average Bonchev–Trinajstić information content (AvgIpc) is 2.98. The summed E-state index contributed by atoms with van der Waals surface area (Å²) < 4.78 is 0. The second-order valence-corrected chi connectivity index (χ2v) is 5.28. The summed E-state index contributed by atoms with van der Waals surface area (Å²) in [5, 5.41) is 15.3. The molecule has 0 amide bonds. The molecule has 1 aliphatic rings. The smallest absolute Gasteiger partial charge is 0.185 e. The molecule has 0 radical (unpaired) electrons. The maximum absolute atomic E-state index is 8.80. The number of nitriles is 1. The summed E-state index contributed by atoms with van der Waals surface area (Å²) in [6.45, 7) is 4.07. The molecule has 1 saturated heterocycles. The third-order valence-corrected chi connectivity index (χ3v) is 4.09. The predicted octanol–water partition coefficient (Wildman–Crippen LogP) is 2.09. The maximum Gasteiger partial charge on any atom is 0.185 e. The van der Waals surface area contributed by atoms with Crippen molar-refractivity contribution in [3.05, 3.63) is 35.2 Å². The molecule has 0 atom stereocenters. The van der Waals surface area contributed by atoms with Crippen LogP contribution in [0.3, 0.4) is 0 Å². The lowest BCUT2D eigenvalue weighted by atomic mass is 10.1. The number of benzene rings is 1. The normalized spacial score (nSPS) is 15.2. The average molecular weight is 270 g/mol. The fourth-order valence-electron chi connectivity index (χ4n) is 2.11. The summed E-state index contributed by atoms with van der Waals surface area (Å²) in [4.78, 5) is 7.01. The molecule has 1 aliphatic heterocycles. The van der Waals surface area contributed by atoms with E-state index in [1.54, 1.807) is 11.3 Å². The zero-order valence-electron chi connectivity index (χ0n) is 10.5. The lowest BCUT2D eigenvalue weighted by molar-refractivity contribution is 0.588. The molecule has 19 heavy (non-hydrogen) atoms. The minimum atomic E-state index is 0.682. The Morgan fingerprint density at radius 3 is 2.63 bits per heavy atom. The third-order valence-electron chi connectivity index (χ3n) is 3.19. The van der Waals surface area contributed by atoms with E-state index >= 15 is 0 Å². The number of hydrogen-bond acceptors (Lipinski definition) is 5. The monoisotopic (exact) mass is 270 g/mol. The van der Waals surface area contributed by atoms with Gasteiger partial charge >= 0.3 is 0 Å². The predicted molar refractivity (Wildman–Crippen MR) is 77.3 cm³/mol. The van der Waals surface area contributed by atoms with E-state index in [9.17, 15) is 0 Å². The van der Waals surface area contributed by atoms with E-state index in [-0.39, 0.29) is 0 Å². The van der Waals surface area contributed by atoms with Crippen LogP contribution in [0.25, 0.3) is 11.3 Å². The zero-order valence-corrected chi connectivity index (χ0v) is 11.3. The van der Waals surface area contributed by atoms with E-state index in [1.165, 1.54) is 0 Å². The Labute approximate surface area is 116 Å². The van der Waals surface area contributed by atoms with Gasteiger partial charge in [-0.1, -0.05) is 12.1 Å². The molecule has 1 aromatic heterocycles. The number of hydrogen-bond donors (Lipinski definition) is 1. The summed E-state index contributed by atoms with van der Waals surface area (Å²) in [6, 6.07) is 9.70. The number of aromatic nitrogens is 1. The minimum absolute atomic E-state index is 0.682. The Morgan fingerprint density at radius 2 is 1.95 bits per heavy atom. The SMILES string of the molecule is N#Cc1ccc(-c2csc(N3CCNCC3)n2)cc1. The summed E-state index contributed by atoms with van der Waals surface area (Å²) >= 11 is 1.68. The molecular formula is C14H14N4S. The van der Waals surface area contributed by atoms with Crippen LogP contribution in [0.15, 0.2) is 29.6 Å². The molecule has 0 saturated carbocycles. The molecule has 1 fully saturated rings. The fourth-order valence-corrected chi connectivity index (χ4v) is 3.00. The van der Waals surface area contributed by atoms with Crippen molar-refractivity contribution in [3.8, 4) is 17.3 Å². The van der Waals surface area contributed by atoms with Crippen molar-refractivity contribution in [2.24, 2.45) is 0 Å². The van der Waals surface area contributed by atoms with Crippen LogP contribution in [0.4, 0.5) is 5.13 Å². The van der Waals surface area contributed by atoms with Crippen molar-refractivity contribution in [1.29, 1.82) is 5.26 Å². The molecule has 4 nitrogen and oxygen atoms in total. The number of nitrogens with one attached hydrogen (secondary N) is 1. The van der Waals surface area contributed by atoms with Crippen LogP contribution in [0.2, 0.25) is 0 Å². The highest BCUT2D eigenvalue weighted by atomic mass is 32.1. The van der Waals surface area contributed by atoms with E-state index in [0.29, 0.717) is 5.56 Å². The van der Waals surface area contributed by atoms with Gasteiger partial charge in [0, 0.05) is 37.1 Å². The molecular weight excluding hydrogens is 256 g/mol. The van der Waals surface area contributed by atoms with Gasteiger partial charge in [-0.25, -0.2) is 4.98 Å². The number of piperazine rings is 1. The molecule has 1 N–H and O–H groups in total. The van der Waals surface area contributed by atoms with Crippen LogP contribution in [-0.4, -0.2) is 31.2 Å². The molecule has 0 aliphatic carbocycles. The lowest BCUT2D eigenvalue weighted by Gasteiger charge is -2.26. The molecule has 3 rings (SSSR count). The Bertz CT molecular complexity index is 591. The van der Waals surface area contributed by atoms with Crippen molar-refractivity contribution in [2.75, 3.05) is 31.1 Å². The molecule has 2 heterocycles. The quantitative estimate of drug-likeness (QED) is 0.908. The van der Waals surface area contributed by atoms with E-state index < -0.39 is 0 Å². The topological polar surface area (TPSA) is 52.0 Å². The minimum Gasteiger partial charge on any atom is -0.346 e. The Morgan fingerprint density at radius 1 is 1.21 bits per heavy atom. The van der Waals surface area contributed by atoms with Gasteiger partial charge < -0.3 is 10.2 Å². The summed E-state index contributed by atoms with van der Waals surface area (Å²) in [5.74, 6) is 0. The van der Waals surface area contributed by atoms with Crippen molar-refractivity contribution < 1.29 is 0 Å². The lowest BCUT2D eigenvalue weighted by Crippen LogP contribution is -2.43. The second kappa shape index (κ2) is 5.39. The van der Waals surface area contributed by atoms with Crippen LogP contribution >= 0.6 is 11.3 Å². The van der Waals surface area contributed by atoms with E-state index in [1.807, 2.05) is 24.3 Å². The van der Waals surface area contributed by atoms with Crippen LogP contribution in [0.5, 0.6) is 0 Å². The van der Waals surface area contributed by atoms with E-state index in [4.69, 9.17) is 10.2 Å². The number of nitrogens with zero attached hydrogens (tertiary/aromatic N) is 3. The highest BCUT2D eigenvalue weighted by Gasteiger charge is 2.14. The summed E-state index contributed by atoms with van der Waals surface area (Å²) in [7, 11) is 0. The van der Waals surface area contributed by atoms with Crippen molar-refractivity contribution >= 4 is 16.5 Å². The molecule has 1 aromatic carbocycles. The van der Waals surface area contributed by atoms with Gasteiger partial charge in [-0.05, 0) is 12.1 Å². The highest BCUT2D eigenvalue weighted by Crippen LogP contribution is 2.27. The number of anilines is 1. The van der Waals surface area contributed by atoms with Crippen molar-refractivity contribution in [2.45, 2.75) is 0 Å². The summed E-state index contributed by atoms with van der Waals surface area (Å²) in [6.07, 6.45) is 0. The van der Waals surface area contributed by atoms with E-state index in [2.05, 4.69) is 21.7 Å². The van der Waals surface area contributed by atoms with Gasteiger partial charge in [0.05, 0.1) is 17.3 Å². The standard InChI is InChI=1S/C14H14N4S/c15-9-11-1-3-12(4-2-11)13-10-19-14(17-13)18-7-5-16-6-8-18/h1-4,10,16H,5-8H2. The maximum atomic E-state index is 8.80. The number of rotatable bonds is 2. The Balaban J connectivity index is 1.81. The molecule has 0 bridgehead atoms. The van der Waals surface area contributed by atoms with Gasteiger partial charge in [-0.2, -0.15) is 5.26 Å². The van der Waals surface area contributed by atoms with Crippen LogP contribution in [0, 0.1) is 11.3 Å². The van der Waals surface area contributed by atoms with Gasteiger partial charge in [0.15, 0.2) is 5.13 Å². The second-order valence-electron chi connectivity index (χ2n) is 4.44. The molecule has 5 heteroatoms. The first-order valence-electron chi connectivity index (χ1n) is 6.28. The van der Waals surface area contributed by atoms with Gasteiger partial charge in [-0.3, -0.25) is 0 Å². The first kappa shape index (κ1) is 12.2. The summed E-state index contributed by atoms with van der Waals surface area (Å²) in [5.41, 5.74) is 2.74. The van der Waals surface area contributed by atoms with Gasteiger partial charge in [0.25, 0.3) is 0 Å². The third kappa shape index (κ3) is 2.60. The molecule has 96 valence electrons. The van der Waals surface area contributed by atoms with Gasteiger partial charge in [-0.15, -0.1) is 11.3 Å². The Hall–Kier alpha value is -1.90. The first-order valence-corrected chi connectivity index (χ1v) is 7.16. The first-order chi connectivity index (χ1) is 9.36. The van der Waals surface area contributed by atoms with Crippen molar-refractivity contribution in [3.63, 3.8) is 0 Å². The highest BCUT2D eigenvalue weighted by molar-refractivity contribution is 7.14. The number of thiazole rings is 1. The van der Waals surface area contributed by atoms with Crippen LogP contribution in [-0.2, 0) is 0 Å².